The van der Waals surface area contributed by atoms with E-state index in [9.17, 15) is 9.59 Å². The summed E-state index contributed by atoms with van der Waals surface area (Å²) in [4.78, 5) is 27.2. The number of halogens is 1. The third-order valence-electron chi connectivity index (χ3n) is 4.76. The van der Waals surface area contributed by atoms with Crippen LogP contribution in [0.2, 0.25) is 0 Å². The molecule has 3 aromatic rings. The van der Waals surface area contributed by atoms with Gasteiger partial charge in [-0.2, -0.15) is 0 Å². The largest absolute Gasteiger partial charge is 0.378 e. The Bertz CT molecular complexity index is 1020. The maximum atomic E-state index is 13.0. The average Bonchev–Trinajstić information content (AvgIpc) is 3.26. The molecule has 1 aromatic heterocycles. The van der Waals surface area contributed by atoms with Crippen molar-refractivity contribution in [1.29, 1.82) is 0 Å². The van der Waals surface area contributed by atoms with E-state index >= 15 is 0 Å². The summed E-state index contributed by atoms with van der Waals surface area (Å²) in [6, 6.07) is 16.8. The summed E-state index contributed by atoms with van der Waals surface area (Å²) < 4.78 is 0. The Hall–Kier alpha value is -2.97. The molecule has 7 nitrogen and oxygen atoms in total. The molecule has 2 aromatic carbocycles. The van der Waals surface area contributed by atoms with Crippen LogP contribution in [0.15, 0.2) is 54.6 Å². The minimum Gasteiger partial charge on any atom is -0.378 e. The lowest BCUT2D eigenvalue weighted by atomic mass is 10.1. The monoisotopic (exact) mass is 471 g/mol. The molecule has 2 N–H and O–H groups in total. The van der Waals surface area contributed by atoms with Crippen LogP contribution in [0.3, 0.4) is 0 Å². The number of carbonyl (C=O) groups is 2. The van der Waals surface area contributed by atoms with Crippen LogP contribution in [0, 0.1) is 0 Å². The number of carbonyl (C=O) groups excluding carboxylic acids is 2. The Labute approximate surface area is 196 Å². The molecule has 2 amide bonds. The number of anilines is 2. The van der Waals surface area contributed by atoms with Gasteiger partial charge in [-0.05, 0) is 36.2 Å². The fourth-order valence-electron chi connectivity index (χ4n) is 3.04. The number of nitrogens with zero attached hydrogens (tertiary/aromatic N) is 3. The van der Waals surface area contributed by atoms with Gasteiger partial charge in [-0.15, -0.1) is 21.8 Å². The van der Waals surface area contributed by atoms with Crippen LogP contribution in [-0.2, 0) is 16.0 Å². The van der Waals surface area contributed by atoms with Crippen molar-refractivity contribution in [3.63, 3.8) is 0 Å². The quantitative estimate of drug-likeness (QED) is 0.437. The fraction of sp³-hybridized carbons (Fsp3) is 0.304. The molecule has 3 rings (SSSR count). The van der Waals surface area contributed by atoms with Crippen LogP contribution in [0.25, 0.3) is 10.6 Å². The van der Waals surface area contributed by atoms with Gasteiger partial charge < -0.3 is 10.2 Å². The molecule has 0 spiro atoms. The summed E-state index contributed by atoms with van der Waals surface area (Å²) in [6.45, 7) is 0. The summed E-state index contributed by atoms with van der Waals surface area (Å²) in [5.41, 5.74) is 2.95. The Morgan fingerprint density at radius 1 is 1.06 bits per heavy atom. The van der Waals surface area contributed by atoms with Gasteiger partial charge in [0.15, 0.2) is 0 Å². The van der Waals surface area contributed by atoms with E-state index in [0.29, 0.717) is 28.9 Å². The topological polar surface area (TPSA) is 87.2 Å². The second-order valence-corrected chi connectivity index (χ2v) is 8.80. The van der Waals surface area contributed by atoms with Gasteiger partial charge in [0.1, 0.15) is 11.0 Å². The van der Waals surface area contributed by atoms with E-state index in [1.54, 1.807) is 0 Å². The van der Waals surface area contributed by atoms with Crippen molar-refractivity contribution < 1.29 is 9.59 Å². The second-order valence-electron chi connectivity index (χ2n) is 7.45. The molecule has 168 valence electrons. The predicted octanol–water partition coefficient (Wildman–Crippen LogP) is 3.96. The maximum Gasteiger partial charge on any atom is 0.249 e. The van der Waals surface area contributed by atoms with Crippen LogP contribution in [0.5, 0.6) is 0 Å². The summed E-state index contributed by atoms with van der Waals surface area (Å²) in [6.07, 6.45) is 1.20. The van der Waals surface area contributed by atoms with Crippen LogP contribution in [0.1, 0.15) is 18.4 Å². The molecule has 1 heterocycles. The van der Waals surface area contributed by atoms with Gasteiger partial charge in [0, 0.05) is 44.1 Å². The third-order valence-corrected chi connectivity index (χ3v) is 5.91. The molecule has 0 bridgehead atoms. The van der Waals surface area contributed by atoms with Crippen molar-refractivity contribution in [1.82, 2.24) is 15.5 Å². The highest BCUT2D eigenvalue weighted by molar-refractivity contribution is 7.18. The molecule has 1 atom stereocenters. The molecule has 1 unspecified atom stereocenters. The van der Waals surface area contributed by atoms with E-state index in [4.69, 9.17) is 11.6 Å². The number of nitrogens with one attached hydrogen (secondary N) is 2. The highest BCUT2D eigenvalue weighted by Gasteiger charge is 2.22. The average molecular weight is 472 g/mol. The van der Waals surface area contributed by atoms with Crippen molar-refractivity contribution in [2.45, 2.75) is 25.3 Å². The first-order chi connectivity index (χ1) is 15.5. The van der Waals surface area contributed by atoms with Crippen molar-refractivity contribution >= 4 is 45.6 Å². The number of amides is 2. The van der Waals surface area contributed by atoms with Gasteiger partial charge in [0.25, 0.3) is 0 Å². The molecule has 0 saturated heterocycles. The first kappa shape index (κ1) is 23.7. The van der Waals surface area contributed by atoms with Crippen molar-refractivity contribution in [2.75, 3.05) is 30.2 Å². The van der Waals surface area contributed by atoms with E-state index in [-0.39, 0.29) is 18.2 Å². The van der Waals surface area contributed by atoms with E-state index in [1.807, 2.05) is 73.6 Å². The van der Waals surface area contributed by atoms with Crippen molar-refractivity contribution in [3.05, 3.63) is 60.2 Å². The zero-order valence-corrected chi connectivity index (χ0v) is 19.6. The van der Waals surface area contributed by atoms with Gasteiger partial charge in [-0.25, -0.2) is 0 Å². The lowest BCUT2D eigenvalue weighted by molar-refractivity contribution is -0.126. The Morgan fingerprint density at radius 3 is 2.44 bits per heavy atom. The van der Waals surface area contributed by atoms with E-state index in [2.05, 4.69) is 20.8 Å². The third kappa shape index (κ3) is 6.77. The first-order valence-corrected chi connectivity index (χ1v) is 11.6. The van der Waals surface area contributed by atoms with Crippen molar-refractivity contribution in [3.8, 4) is 10.6 Å². The lowest BCUT2D eigenvalue weighted by Crippen LogP contribution is -2.45. The van der Waals surface area contributed by atoms with Crippen molar-refractivity contribution in [2.24, 2.45) is 0 Å². The summed E-state index contributed by atoms with van der Waals surface area (Å²) >= 11 is 6.97. The highest BCUT2D eigenvalue weighted by Crippen LogP contribution is 2.28. The Morgan fingerprint density at radius 2 is 1.78 bits per heavy atom. The molecule has 32 heavy (non-hydrogen) atoms. The van der Waals surface area contributed by atoms with E-state index in [1.165, 1.54) is 11.3 Å². The van der Waals surface area contributed by atoms with E-state index < -0.39 is 6.04 Å². The van der Waals surface area contributed by atoms with Gasteiger partial charge in [-0.1, -0.05) is 41.7 Å². The number of hydrogen-bond donors (Lipinski definition) is 2. The van der Waals surface area contributed by atoms with Crippen LogP contribution in [0.4, 0.5) is 10.8 Å². The Kier molecular flexibility index (Phi) is 8.58. The van der Waals surface area contributed by atoms with Gasteiger partial charge in [0.05, 0.1) is 0 Å². The summed E-state index contributed by atoms with van der Waals surface area (Å²) in [7, 11) is 3.96. The molecule has 9 heteroatoms. The summed E-state index contributed by atoms with van der Waals surface area (Å²) in [5.74, 6) is -0.147. The number of rotatable bonds is 10. The SMILES string of the molecule is CN(C)c1ccc(-c2nnc(NC(=O)C(Cc3ccccc3)NC(=O)CCCCl)s2)cc1. The second kappa shape index (κ2) is 11.6. The lowest BCUT2D eigenvalue weighted by Gasteiger charge is -2.17. The first-order valence-electron chi connectivity index (χ1n) is 10.3. The standard InChI is InChI=1S/C23H26ClN5O2S/c1-29(2)18-12-10-17(11-13-18)22-27-28-23(32-22)26-21(31)19(25-20(30)9-6-14-24)15-16-7-4-3-5-8-16/h3-5,7-8,10-13,19H,6,9,14-15H2,1-2H3,(H,25,30)(H,26,28,31). The highest BCUT2D eigenvalue weighted by atomic mass is 35.5. The maximum absolute atomic E-state index is 13.0. The van der Waals surface area contributed by atoms with Crippen LogP contribution in [-0.4, -0.2) is 48.0 Å². The molecule has 0 radical (unpaired) electrons. The van der Waals surface area contributed by atoms with Gasteiger partial charge in [0.2, 0.25) is 16.9 Å². The zero-order chi connectivity index (χ0) is 22.9. The van der Waals surface area contributed by atoms with E-state index in [0.717, 1.165) is 16.8 Å². The van der Waals surface area contributed by atoms with Crippen LogP contribution < -0.4 is 15.5 Å². The Balaban J connectivity index is 1.70. The molecular formula is C23H26ClN5O2S. The molecule has 0 fully saturated rings. The number of benzene rings is 2. The van der Waals surface area contributed by atoms with Gasteiger partial charge in [-0.3, -0.25) is 14.9 Å². The molecule has 0 saturated carbocycles. The zero-order valence-electron chi connectivity index (χ0n) is 18.0. The molecule has 0 aliphatic rings. The number of hydrogen-bond acceptors (Lipinski definition) is 6. The smallest absolute Gasteiger partial charge is 0.249 e. The van der Waals surface area contributed by atoms with Gasteiger partial charge >= 0.3 is 0 Å². The predicted molar refractivity (Wildman–Crippen MR) is 130 cm³/mol. The van der Waals surface area contributed by atoms with Crippen LogP contribution >= 0.6 is 22.9 Å². The molecule has 0 aliphatic heterocycles. The molecule has 0 aliphatic carbocycles. The normalized spacial score (nSPS) is 11.6. The minimum absolute atomic E-state index is 0.208. The summed E-state index contributed by atoms with van der Waals surface area (Å²) in [5, 5.41) is 15.0. The minimum atomic E-state index is -0.730. The number of aromatic nitrogens is 2. The fourth-order valence-corrected chi connectivity index (χ4v) is 3.92. The molecular weight excluding hydrogens is 446 g/mol. The number of alkyl halides is 1.